The summed E-state index contributed by atoms with van der Waals surface area (Å²) in [5, 5.41) is 14.3. The predicted molar refractivity (Wildman–Crippen MR) is 92.4 cm³/mol. The first-order valence-electron chi connectivity index (χ1n) is 8.91. The Hall–Kier alpha value is -2.57. The van der Waals surface area contributed by atoms with Crippen LogP contribution in [0.2, 0.25) is 0 Å². The number of urea groups is 1. The van der Waals surface area contributed by atoms with Gasteiger partial charge in [-0.3, -0.25) is 0 Å². The van der Waals surface area contributed by atoms with Crippen LogP contribution in [-0.2, 0) is 25.9 Å². The third-order valence-corrected chi connectivity index (χ3v) is 4.90. The van der Waals surface area contributed by atoms with Crippen LogP contribution in [0.4, 0.5) is 4.79 Å². The molecular weight excluding hydrogens is 318 g/mol. The average Bonchev–Trinajstić information content (AvgIpc) is 3.26. The summed E-state index contributed by atoms with van der Waals surface area (Å²) in [6, 6.07) is 5.83. The van der Waals surface area contributed by atoms with Crippen molar-refractivity contribution in [3.8, 4) is 5.75 Å². The third kappa shape index (κ3) is 3.31. The molecule has 7 heteroatoms. The molecule has 1 aromatic carbocycles. The monoisotopic (exact) mass is 341 g/mol. The number of nitrogens with zero attached hydrogens (tertiary/aromatic N) is 3. The van der Waals surface area contributed by atoms with Gasteiger partial charge in [-0.1, -0.05) is 6.07 Å². The summed E-state index contributed by atoms with van der Waals surface area (Å²) in [4.78, 5) is 12.2. The molecule has 1 atom stereocenters. The molecule has 132 valence electrons. The molecule has 3 heterocycles. The Bertz CT molecular complexity index is 786. The maximum absolute atomic E-state index is 12.2. The molecule has 0 spiro atoms. The first-order chi connectivity index (χ1) is 12.2. The summed E-state index contributed by atoms with van der Waals surface area (Å²) in [6.45, 7) is 4.05. The van der Waals surface area contributed by atoms with Crippen molar-refractivity contribution in [1.29, 1.82) is 0 Å². The standard InChI is InChI=1S/C18H23N5O2/c1-12(13-5-6-15-14(10-13)7-9-25-15)20-18(24)19-11-17-22-21-16-4-2-3-8-23(16)17/h5-6,10,12H,2-4,7-9,11H2,1H3,(H2,19,20,24)/t12-/m1/s1. The fourth-order valence-electron chi connectivity index (χ4n) is 3.47. The van der Waals surface area contributed by atoms with Crippen molar-refractivity contribution < 1.29 is 9.53 Å². The van der Waals surface area contributed by atoms with Crippen LogP contribution in [0.3, 0.4) is 0 Å². The van der Waals surface area contributed by atoms with Gasteiger partial charge in [0, 0.05) is 19.4 Å². The number of hydrogen-bond donors (Lipinski definition) is 2. The van der Waals surface area contributed by atoms with Crippen LogP contribution in [0.1, 0.15) is 48.6 Å². The number of hydrogen-bond acceptors (Lipinski definition) is 4. The van der Waals surface area contributed by atoms with Gasteiger partial charge >= 0.3 is 6.03 Å². The van der Waals surface area contributed by atoms with Gasteiger partial charge in [-0.25, -0.2) is 4.79 Å². The van der Waals surface area contributed by atoms with E-state index in [0.717, 1.165) is 61.8 Å². The molecule has 0 aliphatic carbocycles. The van der Waals surface area contributed by atoms with Crippen LogP contribution < -0.4 is 15.4 Å². The number of aryl methyl sites for hydroxylation is 1. The first-order valence-corrected chi connectivity index (χ1v) is 8.91. The Morgan fingerprint density at radius 1 is 1.32 bits per heavy atom. The van der Waals surface area contributed by atoms with Crippen molar-refractivity contribution in [1.82, 2.24) is 25.4 Å². The van der Waals surface area contributed by atoms with Crippen LogP contribution in [0.25, 0.3) is 0 Å². The topological polar surface area (TPSA) is 81.1 Å². The quantitative estimate of drug-likeness (QED) is 0.892. The second-order valence-electron chi connectivity index (χ2n) is 6.66. The number of fused-ring (bicyclic) bond motifs is 2. The summed E-state index contributed by atoms with van der Waals surface area (Å²) < 4.78 is 7.64. The van der Waals surface area contributed by atoms with Crippen LogP contribution in [0.5, 0.6) is 5.75 Å². The number of nitrogens with one attached hydrogen (secondary N) is 2. The van der Waals surface area contributed by atoms with E-state index in [0.29, 0.717) is 6.54 Å². The van der Waals surface area contributed by atoms with Crippen LogP contribution in [0, 0.1) is 0 Å². The second kappa shape index (κ2) is 6.74. The predicted octanol–water partition coefficient (Wildman–Crippen LogP) is 2.11. The Morgan fingerprint density at radius 3 is 3.16 bits per heavy atom. The Labute approximate surface area is 146 Å². The van der Waals surface area contributed by atoms with Crippen LogP contribution >= 0.6 is 0 Å². The number of aromatic nitrogens is 3. The van der Waals surface area contributed by atoms with Crippen molar-refractivity contribution in [2.45, 2.75) is 51.7 Å². The molecule has 0 saturated carbocycles. The van der Waals surface area contributed by atoms with Gasteiger partial charge in [0.15, 0.2) is 5.82 Å². The fraction of sp³-hybridized carbons (Fsp3) is 0.500. The van der Waals surface area contributed by atoms with E-state index in [-0.39, 0.29) is 12.1 Å². The van der Waals surface area contributed by atoms with E-state index < -0.39 is 0 Å². The Kier molecular flexibility index (Phi) is 4.29. The summed E-state index contributed by atoms with van der Waals surface area (Å²) in [6.07, 6.45) is 4.21. The van der Waals surface area contributed by atoms with Crippen molar-refractivity contribution >= 4 is 6.03 Å². The number of ether oxygens (including phenoxy) is 1. The lowest BCUT2D eigenvalue weighted by Crippen LogP contribution is -2.37. The molecular formula is C18H23N5O2. The van der Waals surface area contributed by atoms with Crippen molar-refractivity contribution in [3.05, 3.63) is 41.0 Å². The van der Waals surface area contributed by atoms with Gasteiger partial charge in [-0.15, -0.1) is 10.2 Å². The van der Waals surface area contributed by atoms with E-state index in [2.05, 4.69) is 31.5 Å². The van der Waals surface area contributed by atoms with Crippen molar-refractivity contribution in [2.75, 3.05) is 6.61 Å². The molecule has 2 amide bonds. The largest absolute Gasteiger partial charge is 0.493 e. The minimum absolute atomic E-state index is 0.0711. The number of rotatable bonds is 4. The molecule has 0 radical (unpaired) electrons. The molecule has 0 unspecified atom stereocenters. The zero-order valence-electron chi connectivity index (χ0n) is 14.4. The third-order valence-electron chi connectivity index (χ3n) is 4.90. The second-order valence-corrected chi connectivity index (χ2v) is 6.66. The summed E-state index contributed by atoms with van der Waals surface area (Å²) in [7, 11) is 0. The van der Waals surface area contributed by atoms with Crippen molar-refractivity contribution in [3.63, 3.8) is 0 Å². The van der Waals surface area contributed by atoms with Gasteiger partial charge in [0.25, 0.3) is 0 Å². The molecule has 2 aromatic rings. The van der Waals surface area contributed by atoms with E-state index in [9.17, 15) is 4.79 Å². The number of carbonyl (C=O) groups excluding carboxylic acids is 1. The molecule has 2 aliphatic heterocycles. The molecule has 25 heavy (non-hydrogen) atoms. The zero-order valence-corrected chi connectivity index (χ0v) is 14.4. The maximum atomic E-state index is 12.2. The minimum Gasteiger partial charge on any atom is -0.493 e. The van der Waals surface area contributed by atoms with E-state index in [4.69, 9.17) is 4.74 Å². The SMILES string of the molecule is C[C@@H](NC(=O)NCc1nnc2n1CCCC2)c1ccc2c(c1)CCO2. The molecule has 7 nitrogen and oxygen atoms in total. The Balaban J connectivity index is 1.33. The molecule has 0 saturated heterocycles. The highest BCUT2D eigenvalue weighted by Crippen LogP contribution is 2.28. The van der Waals surface area contributed by atoms with Gasteiger partial charge < -0.3 is 19.9 Å². The highest BCUT2D eigenvalue weighted by Gasteiger charge is 2.18. The average molecular weight is 341 g/mol. The van der Waals surface area contributed by atoms with Gasteiger partial charge in [0.05, 0.1) is 19.2 Å². The number of benzene rings is 1. The number of amides is 2. The first kappa shape index (κ1) is 15.9. The fourth-order valence-corrected chi connectivity index (χ4v) is 3.47. The van der Waals surface area contributed by atoms with Gasteiger partial charge in [-0.05, 0) is 43.0 Å². The van der Waals surface area contributed by atoms with E-state index >= 15 is 0 Å². The molecule has 2 N–H and O–H groups in total. The molecule has 4 rings (SSSR count). The molecule has 2 aliphatic rings. The number of carbonyl (C=O) groups is 1. The lowest BCUT2D eigenvalue weighted by Gasteiger charge is -2.17. The van der Waals surface area contributed by atoms with E-state index in [1.165, 1.54) is 5.56 Å². The van der Waals surface area contributed by atoms with Crippen LogP contribution in [0.15, 0.2) is 18.2 Å². The summed E-state index contributed by atoms with van der Waals surface area (Å²) in [5.41, 5.74) is 2.29. The smallest absolute Gasteiger partial charge is 0.315 e. The highest BCUT2D eigenvalue weighted by molar-refractivity contribution is 5.74. The lowest BCUT2D eigenvalue weighted by atomic mass is 10.0. The molecule has 0 fully saturated rings. The van der Waals surface area contributed by atoms with Gasteiger partial charge in [-0.2, -0.15) is 0 Å². The van der Waals surface area contributed by atoms with Crippen LogP contribution in [-0.4, -0.2) is 27.4 Å². The Morgan fingerprint density at radius 2 is 2.24 bits per heavy atom. The maximum Gasteiger partial charge on any atom is 0.315 e. The molecule has 0 bridgehead atoms. The highest BCUT2D eigenvalue weighted by atomic mass is 16.5. The zero-order chi connectivity index (χ0) is 17.2. The van der Waals surface area contributed by atoms with Gasteiger partial charge in [0.1, 0.15) is 11.6 Å². The lowest BCUT2D eigenvalue weighted by molar-refractivity contribution is 0.237. The summed E-state index contributed by atoms with van der Waals surface area (Å²) >= 11 is 0. The summed E-state index contributed by atoms with van der Waals surface area (Å²) in [5.74, 6) is 2.81. The molecule has 1 aromatic heterocycles. The van der Waals surface area contributed by atoms with Crippen molar-refractivity contribution in [2.24, 2.45) is 0 Å². The minimum atomic E-state index is -0.197. The van der Waals surface area contributed by atoms with E-state index in [1.807, 2.05) is 19.1 Å². The normalized spacial score (nSPS) is 16.5. The van der Waals surface area contributed by atoms with Gasteiger partial charge in [0.2, 0.25) is 0 Å². The van der Waals surface area contributed by atoms with E-state index in [1.54, 1.807) is 0 Å².